The van der Waals surface area contributed by atoms with Crippen molar-refractivity contribution in [3.63, 3.8) is 0 Å². The van der Waals surface area contributed by atoms with E-state index < -0.39 is 0 Å². The molecule has 0 aliphatic heterocycles. The van der Waals surface area contributed by atoms with Crippen molar-refractivity contribution in [1.82, 2.24) is 0 Å². The number of aryl methyl sites for hydroxylation is 1. The molecule has 0 aliphatic carbocycles. The fraction of sp³-hybridized carbons (Fsp3) is 0.0833. The molecule has 1 amide bonds. The fourth-order valence-electron chi connectivity index (χ4n) is 1.31. The van der Waals surface area contributed by atoms with Crippen LogP contribution in [0.3, 0.4) is 0 Å². The third kappa shape index (κ3) is 2.07. The van der Waals surface area contributed by atoms with Crippen LogP contribution in [0.4, 0.5) is 5.69 Å². The number of para-hydroxylation sites is 1. The molecule has 0 spiro atoms. The van der Waals surface area contributed by atoms with Crippen LogP contribution in [-0.2, 0) is 0 Å². The average Bonchev–Trinajstić information content (AvgIpc) is 2.66. The highest BCUT2D eigenvalue weighted by Gasteiger charge is 2.11. The summed E-state index contributed by atoms with van der Waals surface area (Å²) in [7, 11) is 0. The van der Waals surface area contributed by atoms with E-state index in [1.165, 1.54) is 6.26 Å². The molecule has 1 aromatic carbocycles. The Hall–Kier alpha value is -2.03. The molecule has 3 heteroatoms. The lowest BCUT2D eigenvalue weighted by Gasteiger charge is -2.02. The van der Waals surface area contributed by atoms with Gasteiger partial charge in [0.05, 0.1) is 6.26 Å². The fourth-order valence-corrected chi connectivity index (χ4v) is 1.31. The van der Waals surface area contributed by atoms with Gasteiger partial charge in [0.15, 0.2) is 5.76 Å². The normalized spacial score (nSPS) is 9.93. The van der Waals surface area contributed by atoms with E-state index in [-0.39, 0.29) is 5.91 Å². The van der Waals surface area contributed by atoms with E-state index in [0.717, 1.165) is 11.3 Å². The van der Waals surface area contributed by atoms with Crippen molar-refractivity contribution in [2.75, 3.05) is 5.32 Å². The van der Waals surface area contributed by atoms with Gasteiger partial charge in [-0.1, -0.05) is 18.2 Å². The quantitative estimate of drug-likeness (QED) is 0.811. The number of carbonyl (C=O) groups is 1. The van der Waals surface area contributed by atoms with Crippen molar-refractivity contribution in [2.24, 2.45) is 0 Å². The van der Waals surface area contributed by atoms with Gasteiger partial charge in [-0.3, -0.25) is 4.79 Å². The van der Waals surface area contributed by atoms with Crippen molar-refractivity contribution in [2.45, 2.75) is 6.92 Å². The summed E-state index contributed by atoms with van der Waals surface area (Å²) >= 11 is 0. The van der Waals surface area contributed by atoms with Crippen LogP contribution >= 0.6 is 0 Å². The van der Waals surface area contributed by atoms with Gasteiger partial charge in [0.1, 0.15) is 0 Å². The number of carbonyl (C=O) groups excluding carboxylic acids is 1. The summed E-state index contributed by atoms with van der Waals surface area (Å²) < 4.78 is 5.09. The molecular formula is C12H11NO2. The van der Waals surface area contributed by atoms with Crippen molar-refractivity contribution >= 4 is 11.6 Å². The second-order valence-electron chi connectivity index (χ2n) is 3.25. The van der Waals surface area contributed by atoms with E-state index in [1.807, 2.05) is 37.3 Å². The van der Waals surface area contributed by atoms with Gasteiger partial charge in [-0.05, 0) is 25.1 Å². The predicted molar refractivity (Wildman–Crippen MR) is 57.8 cm³/mol. The summed E-state index contributed by atoms with van der Waals surface area (Å²) in [6, 6.07) is 11.1. The van der Waals surface area contributed by atoms with Crippen molar-refractivity contribution < 1.29 is 9.21 Å². The molecule has 1 aromatic heterocycles. The molecular weight excluding hydrogens is 190 g/mol. The standard InChI is InChI=1S/C12H11NO2/c1-9-7-8-15-11(9)12(14)13-10-5-3-2-4-6-10/h2-8H,1H3,(H,13,14). The Morgan fingerprint density at radius 3 is 2.53 bits per heavy atom. The minimum absolute atomic E-state index is 0.219. The minimum atomic E-state index is -0.219. The van der Waals surface area contributed by atoms with Crippen LogP contribution in [0.2, 0.25) is 0 Å². The van der Waals surface area contributed by atoms with Gasteiger partial charge in [-0.15, -0.1) is 0 Å². The van der Waals surface area contributed by atoms with Gasteiger partial charge in [-0.25, -0.2) is 0 Å². The van der Waals surface area contributed by atoms with E-state index >= 15 is 0 Å². The van der Waals surface area contributed by atoms with Crippen LogP contribution in [0.15, 0.2) is 47.1 Å². The number of benzene rings is 1. The molecule has 0 fully saturated rings. The summed E-state index contributed by atoms with van der Waals surface area (Å²) in [5.74, 6) is 0.141. The van der Waals surface area contributed by atoms with Crippen LogP contribution in [0.1, 0.15) is 16.1 Å². The van der Waals surface area contributed by atoms with Crippen LogP contribution in [0, 0.1) is 6.92 Å². The second-order valence-corrected chi connectivity index (χ2v) is 3.25. The third-order valence-corrected chi connectivity index (χ3v) is 2.10. The smallest absolute Gasteiger partial charge is 0.291 e. The second kappa shape index (κ2) is 4.00. The van der Waals surface area contributed by atoms with E-state index in [1.54, 1.807) is 6.07 Å². The zero-order valence-corrected chi connectivity index (χ0v) is 8.36. The maximum Gasteiger partial charge on any atom is 0.291 e. The molecule has 0 atom stereocenters. The zero-order chi connectivity index (χ0) is 10.7. The van der Waals surface area contributed by atoms with Crippen LogP contribution in [-0.4, -0.2) is 5.91 Å². The topological polar surface area (TPSA) is 42.2 Å². The van der Waals surface area contributed by atoms with Gasteiger partial charge in [-0.2, -0.15) is 0 Å². The first-order chi connectivity index (χ1) is 7.27. The Labute approximate surface area is 87.7 Å². The maximum atomic E-state index is 11.7. The van der Waals surface area contributed by atoms with Gasteiger partial charge in [0.25, 0.3) is 5.91 Å². The molecule has 2 aromatic rings. The Morgan fingerprint density at radius 2 is 1.93 bits per heavy atom. The van der Waals surface area contributed by atoms with E-state index in [9.17, 15) is 4.79 Å². The summed E-state index contributed by atoms with van der Waals surface area (Å²) in [5, 5.41) is 2.75. The van der Waals surface area contributed by atoms with Crippen molar-refractivity contribution in [3.8, 4) is 0 Å². The monoisotopic (exact) mass is 201 g/mol. The lowest BCUT2D eigenvalue weighted by atomic mass is 10.2. The average molecular weight is 201 g/mol. The van der Waals surface area contributed by atoms with Gasteiger partial charge in [0.2, 0.25) is 0 Å². The summed E-state index contributed by atoms with van der Waals surface area (Å²) in [5.41, 5.74) is 1.60. The molecule has 0 unspecified atom stereocenters. The Balaban J connectivity index is 2.15. The van der Waals surface area contributed by atoms with E-state index in [2.05, 4.69) is 5.32 Å². The molecule has 15 heavy (non-hydrogen) atoms. The molecule has 0 aliphatic rings. The third-order valence-electron chi connectivity index (χ3n) is 2.10. The number of nitrogens with one attached hydrogen (secondary N) is 1. The highest BCUT2D eigenvalue weighted by molar-refractivity contribution is 6.03. The van der Waals surface area contributed by atoms with Gasteiger partial charge in [0, 0.05) is 11.3 Å². The maximum absolute atomic E-state index is 11.7. The molecule has 3 nitrogen and oxygen atoms in total. The van der Waals surface area contributed by atoms with Crippen LogP contribution < -0.4 is 5.32 Å². The summed E-state index contributed by atoms with van der Waals surface area (Å²) in [4.78, 5) is 11.7. The summed E-state index contributed by atoms with van der Waals surface area (Å²) in [6.45, 7) is 1.84. The molecule has 0 saturated carbocycles. The Bertz CT molecular complexity index is 459. The largest absolute Gasteiger partial charge is 0.459 e. The SMILES string of the molecule is Cc1ccoc1C(=O)Nc1ccccc1. The lowest BCUT2D eigenvalue weighted by Crippen LogP contribution is -2.11. The van der Waals surface area contributed by atoms with Crippen molar-refractivity contribution in [1.29, 1.82) is 0 Å². The molecule has 2 rings (SSSR count). The lowest BCUT2D eigenvalue weighted by molar-refractivity contribution is 0.0996. The van der Waals surface area contributed by atoms with Crippen LogP contribution in [0.25, 0.3) is 0 Å². The predicted octanol–water partition coefficient (Wildman–Crippen LogP) is 2.84. The number of furan rings is 1. The zero-order valence-electron chi connectivity index (χ0n) is 8.36. The van der Waals surface area contributed by atoms with E-state index in [4.69, 9.17) is 4.42 Å². The number of amides is 1. The van der Waals surface area contributed by atoms with E-state index in [0.29, 0.717) is 5.76 Å². The van der Waals surface area contributed by atoms with Crippen molar-refractivity contribution in [3.05, 3.63) is 54.0 Å². The van der Waals surface area contributed by atoms with Gasteiger partial charge >= 0.3 is 0 Å². The Morgan fingerprint density at radius 1 is 1.20 bits per heavy atom. The highest BCUT2D eigenvalue weighted by atomic mass is 16.3. The molecule has 0 radical (unpaired) electrons. The van der Waals surface area contributed by atoms with Crippen LogP contribution in [0.5, 0.6) is 0 Å². The number of hydrogen-bond donors (Lipinski definition) is 1. The minimum Gasteiger partial charge on any atom is -0.459 e. The number of hydrogen-bond acceptors (Lipinski definition) is 2. The molecule has 76 valence electrons. The first kappa shape index (κ1) is 9.52. The first-order valence-corrected chi connectivity index (χ1v) is 4.68. The molecule has 1 N–H and O–H groups in total. The molecule has 0 bridgehead atoms. The van der Waals surface area contributed by atoms with Gasteiger partial charge < -0.3 is 9.73 Å². The molecule has 1 heterocycles. The summed E-state index contributed by atoms with van der Waals surface area (Å²) in [6.07, 6.45) is 1.51. The number of rotatable bonds is 2. The first-order valence-electron chi connectivity index (χ1n) is 4.68. The highest BCUT2D eigenvalue weighted by Crippen LogP contribution is 2.12. The molecule has 0 saturated heterocycles. The number of anilines is 1. The Kier molecular flexibility index (Phi) is 2.54.